The monoisotopic (exact) mass is 240 g/mol. The molecule has 2 heteroatoms. The van der Waals surface area contributed by atoms with Crippen LogP contribution in [0.15, 0.2) is 18.2 Å². The summed E-state index contributed by atoms with van der Waals surface area (Å²) in [4.78, 5) is 0. The van der Waals surface area contributed by atoms with Gasteiger partial charge in [-0.05, 0) is 23.6 Å². The topological polar surface area (TPSA) is 0 Å². The summed E-state index contributed by atoms with van der Waals surface area (Å²) in [5, 5.41) is 1.41. The Kier molecular flexibility index (Phi) is 5.02. The minimum absolute atomic E-state index is 0.355. The van der Waals surface area contributed by atoms with Gasteiger partial charge in [-0.15, -0.1) is 11.8 Å². The Balaban J connectivity index is 2.77. The lowest BCUT2D eigenvalue weighted by Crippen LogP contribution is -1.93. The quantitative estimate of drug-likeness (QED) is 0.646. The maximum atomic E-state index is 6.10. The summed E-state index contributed by atoms with van der Waals surface area (Å²) in [7, 11) is 0. The van der Waals surface area contributed by atoms with Crippen LogP contribution in [0.25, 0.3) is 0 Å². The van der Waals surface area contributed by atoms with Gasteiger partial charge < -0.3 is 0 Å². The molecular formula is C13H14Cl2. The van der Waals surface area contributed by atoms with E-state index < -0.39 is 0 Å². The van der Waals surface area contributed by atoms with Crippen LogP contribution in [0.3, 0.4) is 0 Å². The van der Waals surface area contributed by atoms with Crippen molar-refractivity contribution in [1.82, 2.24) is 0 Å². The first-order valence-corrected chi connectivity index (χ1v) is 5.81. The van der Waals surface area contributed by atoms with Gasteiger partial charge in [0.1, 0.15) is 0 Å². The second-order valence-corrected chi connectivity index (χ2v) is 4.32. The van der Waals surface area contributed by atoms with Crippen LogP contribution in [-0.4, -0.2) is 0 Å². The van der Waals surface area contributed by atoms with Crippen molar-refractivity contribution in [2.24, 2.45) is 0 Å². The Hall–Kier alpha value is -0.640. The highest BCUT2D eigenvalue weighted by Gasteiger charge is 2.08. The van der Waals surface area contributed by atoms with Crippen molar-refractivity contribution in [3.8, 4) is 11.8 Å². The Bertz CT molecular complexity index is 385. The molecule has 0 fully saturated rings. The lowest BCUT2D eigenvalue weighted by molar-refractivity contribution is 0.795. The van der Waals surface area contributed by atoms with E-state index in [0.29, 0.717) is 10.9 Å². The van der Waals surface area contributed by atoms with E-state index in [1.54, 1.807) is 6.07 Å². The molecule has 15 heavy (non-hydrogen) atoms. The third kappa shape index (κ3) is 3.78. The Labute approximate surface area is 102 Å². The molecule has 1 rings (SSSR count). The zero-order chi connectivity index (χ0) is 11.3. The average Bonchev–Trinajstić information content (AvgIpc) is 2.17. The van der Waals surface area contributed by atoms with E-state index >= 15 is 0 Å². The lowest BCUT2D eigenvalue weighted by Gasteiger charge is -2.10. The average molecular weight is 241 g/mol. The summed E-state index contributed by atoms with van der Waals surface area (Å²) in [6.07, 6.45) is 1.75. The molecule has 0 aliphatic rings. The van der Waals surface area contributed by atoms with Gasteiger partial charge in [0, 0.05) is 22.9 Å². The highest BCUT2D eigenvalue weighted by molar-refractivity contribution is 6.35. The molecule has 0 spiro atoms. The molecule has 0 aliphatic carbocycles. The van der Waals surface area contributed by atoms with Gasteiger partial charge in [-0.25, -0.2) is 0 Å². The molecule has 0 heterocycles. The van der Waals surface area contributed by atoms with Gasteiger partial charge in [0.25, 0.3) is 0 Å². The molecule has 0 nitrogen and oxygen atoms in total. The Morgan fingerprint density at radius 1 is 1.27 bits per heavy atom. The van der Waals surface area contributed by atoms with Crippen LogP contribution in [0.2, 0.25) is 10.0 Å². The first-order chi connectivity index (χ1) is 7.15. The molecule has 0 amide bonds. The number of hydrogen-bond donors (Lipinski definition) is 0. The first kappa shape index (κ1) is 12.4. The Morgan fingerprint density at radius 2 is 2.00 bits per heavy atom. The second-order valence-electron chi connectivity index (χ2n) is 3.48. The maximum Gasteiger partial charge on any atom is 0.0455 e. The first-order valence-electron chi connectivity index (χ1n) is 5.05. The van der Waals surface area contributed by atoms with E-state index in [-0.39, 0.29) is 0 Å². The molecule has 1 aromatic rings. The van der Waals surface area contributed by atoms with Crippen LogP contribution in [0, 0.1) is 11.8 Å². The van der Waals surface area contributed by atoms with Crippen LogP contribution < -0.4 is 0 Å². The van der Waals surface area contributed by atoms with Crippen molar-refractivity contribution < 1.29 is 0 Å². The largest absolute Gasteiger partial charge is 0.104 e. The molecule has 1 unspecified atom stereocenters. The van der Waals surface area contributed by atoms with E-state index in [9.17, 15) is 0 Å². The summed E-state index contributed by atoms with van der Waals surface area (Å²) < 4.78 is 0. The van der Waals surface area contributed by atoms with Crippen molar-refractivity contribution in [1.29, 1.82) is 0 Å². The summed E-state index contributed by atoms with van der Waals surface area (Å²) in [5.41, 5.74) is 1.12. The summed E-state index contributed by atoms with van der Waals surface area (Å²) in [6, 6.07) is 5.62. The molecule has 1 aromatic carbocycles. The number of halogens is 2. The predicted octanol–water partition coefficient (Wildman–Crippen LogP) is 4.90. The van der Waals surface area contributed by atoms with Crippen molar-refractivity contribution in [2.75, 3.05) is 0 Å². The van der Waals surface area contributed by atoms with Gasteiger partial charge in [0.05, 0.1) is 0 Å². The number of rotatable bonds is 2. The molecule has 0 aromatic heterocycles. The molecule has 0 saturated carbocycles. The fraction of sp³-hybridized carbons (Fsp3) is 0.385. The third-order valence-corrected chi connectivity index (χ3v) is 2.77. The lowest BCUT2D eigenvalue weighted by atomic mass is 9.98. The molecule has 0 bridgehead atoms. The van der Waals surface area contributed by atoms with Gasteiger partial charge in [-0.3, -0.25) is 0 Å². The molecule has 80 valence electrons. The third-order valence-electron chi connectivity index (χ3n) is 2.20. The van der Waals surface area contributed by atoms with E-state index in [4.69, 9.17) is 23.2 Å². The molecule has 1 atom stereocenters. The smallest absolute Gasteiger partial charge is 0.0455 e. The fourth-order valence-corrected chi connectivity index (χ4v) is 1.96. The van der Waals surface area contributed by atoms with Crippen molar-refractivity contribution in [3.05, 3.63) is 33.8 Å². The zero-order valence-corrected chi connectivity index (χ0v) is 10.5. The predicted molar refractivity (Wildman–Crippen MR) is 67.6 cm³/mol. The van der Waals surface area contributed by atoms with Crippen LogP contribution in [0.5, 0.6) is 0 Å². The van der Waals surface area contributed by atoms with Crippen molar-refractivity contribution in [3.63, 3.8) is 0 Å². The summed E-state index contributed by atoms with van der Waals surface area (Å²) >= 11 is 11.9. The number of hydrogen-bond acceptors (Lipinski definition) is 0. The van der Waals surface area contributed by atoms with E-state index in [1.807, 2.05) is 19.1 Å². The fourth-order valence-electron chi connectivity index (χ4n) is 1.36. The van der Waals surface area contributed by atoms with Gasteiger partial charge in [-0.2, -0.15) is 0 Å². The molecule has 0 aliphatic heterocycles. The Morgan fingerprint density at radius 3 is 2.60 bits per heavy atom. The summed E-state index contributed by atoms with van der Waals surface area (Å²) in [6.45, 7) is 4.17. The van der Waals surface area contributed by atoms with Crippen LogP contribution >= 0.6 is 23.2 Å². The standard InChI is InChI=1S/C13H14Cl2/c1-3-4-5-6-10(2)12-8-7-11(14)9-13(12)15/h7-10H,3,6H2,1-2H3. The van der Waals surface area contributed by atoms with E-state index in [0.717, 1.165) is 23.4 Å². The highest BCUT2D eigenvalue weighted by atomic mass is 35.5. The zero-order valence-electron chi connectivity index (χ0n) is 8.98. The normalized spacial score (nSPS) is 11.7. The van der Waals surface area contributed by atoms with Gasteiger partial charge in [0.2, 0.25) is 0 Å². The highest BCUT2D eigenvalue weighted by Crippen LogP contribution is 2.28. The van der Waals surface area contributed by atoms with Crippen molar-refractivity contribution >= 4 is 23.2 Å². The SMILES string of the molecule is CCC#CCC(C)c1ccc(Cl)cc1Cl. The van der Waals surface area contributed by atoms with Gasteiger partial charge >= 0.3 is 0 Å². The molecule has 0 saturated heterocycles. The second kappa shape index (κ2) is 6.05. The van der Waals surface area contributed by atoms with Crippen molar-refractivity contribution in [2.45, 2.75) is 32.6 Å². The maximum absolute atomic E-state index is 6.10. The molecule has 0 N–H and O–H groups in total. The van der Waals surface area contributed by atoms with Gasteiger partial charge in [-0.1, -0.05) is 43.1 Å². The van der Waals surface area contributed by atoms with Crippen LogP contribution in [-0.2, 0) is 0 Å². The number of benzene rings is 1. The molecular weight excluding hydrogens is 227 g/mol. The van der Waals surface area contributed by atoms with Crippen LogP contribution in [0.1, 0.15) is 38.2 Å². The summed E-state index contributed by atoms with van der Waals surface area (Å²) in [5.74, 6) is 6.55. The van der Waals surface area contributed by atoms with Gasteiger partial charge in [0.15, 0.2) is 0 Å². The minimum atomic E-state index is 0.355. The van der Waals surface area contributed by atoms with E-state index in [1.165, 1.54) is 0 Å². The molecule has 0 radical (unpaired) electrons. The minimum Gasteiger partial charge on any atom is -0.104 e. The van der Waals surface area contributed by atoms with E-state index in [2.05, 4.69) is 18.8 Å². The van der Waals surface area contributed by atoms with Crippen LogP contribution in [0.4, 0.5) is 0 Å².